The van der Waals surface area contributed by atoms with Crippen molar-refractivity contribution < 1.29 is 19.2 Å². The normalized spacial score (nSPS) is 10.5. The van der Waals surface area contributed by atoms with Crippen LogP contribution in [0.15, 0.2) is 53.1 Å². The van der Waals surface area contributed by atoms with E-state index in [2.05, 4.69) is 22.0 Å². The van der Waals surface area contributed by atoms with Gasteiger partial charge < -0.3 is 9.30 Å². The van der Waals surface area contributed by atoms with Gasteiger partial charge in [0, 0.05) is 35.3 Å². The minimum atomic E-state index is -0.831. The van der Waals surface area contributed by atoms with Gasteiger partial charge in [-0.25, -0.2) is 4.79 Å². The summed E-state index contributed by atoms with van der Waals surface area (Å²) in [5.74, 6) is -1.24. The number of ketones is 1. The second-order valence-corrected chi connectivity index (χ2v) is 6.94. The number of nitro groups is 1. The van der Waals surface area contributed by atoms with Gasteiger partial charge >= 0.3 is 5.97 Å². The molecule has 3 rings (SSSR count). The Morgan fingerprint density at radius 1 is 1.24 bits per heavy atom. The van der Waals surface area contributed by atoms with Gasteiger partial charge in [-0.1, -0.05) is 18.2 Å². The fraction of sp³-hybridized carbons (Fsp3) is 0.150. The van der Waals surface area contributed by atoms with E-state index in [1.165, 1.54) is 12.1 Å². The molecule has 0 spiro atoms. The van der Waals surface area contributed by atoms with Gasteiger partial charge in [-0.2, -0.15) is 5.26 Å². The van der Waals surface area contributed by atoms with Crippen molar-refractivity contribution in [2.24, 2.45) is 0 Å². The molecule has 0 saturated carbocycles. The number of Topliss-reactive ketones (excluding diaryl/α,β-unsaturated/α-hetero) is 1. The van der Waals surface area contributed by atoms with E-state index in [-0.39, 0.29) is 15.7 Å². The summed E-state index contributed by atoms with van der Waals surface area (Å²) in [6, 6.07) is 13.2. The van der Waals surface area contributed by atoms with Crippen molar-refractivity contribution in [2.75, 3.05) is 6.61 Å². The number of fused-ring (bicyclic) bond motifs is 1. The lowest BCUT2D eigenvalue weighted by Gasteiger charge is -2.04. The number of halogens is 1. The van der Waals surface area contributed by atoms with Crippen LogP contribution in [-0.4, -0.2) is 27.8 Å². The summed E-state index contributed by atoms with van der Waals surface area (Å²) in [4.78, 5) is 35.2. The van der Waals surface area contributed by atoms with Gasteiger partial charge in [0.2, 0.25) is 5.78 Å². The fourth-order valence-electron chi connectivity index (χ4n) is 2.90. The Morgan fingerprint density at radius 3 is 2.72 bits per heavy atom. The molecule has 0 bridgehead atoms. The highest BCUT2D eigenvalue weighted by atomic mass is 79.9. The Morgan fingerprint density at radius 2 is 2.00 bits per heavy atom. The number of rotatable bonds is 7. The number of aryl methyl sites for hydroxylation is 1. The molecule has 0 radical (unpaired) electrons. The van der Waals surface area contributed by atoms with Crippen molar-refractivity contribution in [3.63, 3.8) is 0 Å². The van der Waals surface area contributed by atoms with E-state index in [9.17, 15) is 19.7 Å². The molecule has 2 aromatic carbocycles. The van der Waals surface area contributed by atoms with Crippen LogP contribution in [0.2, 0.25) is 0 Å². The van der Waals surface area contributed by atoms with Crippen molar-refractivity contribution in [3.05, 3.63) is 74.4 Å². The molecule has 0 atom stereocenters. The molecule has 3 aromatic rings. The third-order valence-electron chi connectivity index (χ3n) is 4.27. The number of ether oxygens (including phenoxy) is 1. The summed E-state index contributed by atoms with van der Waals surface area (Å²) in [5.41, 5.74) is 0.893. The molecular formula is C20H14BrN3O5. The Bertz CT molecular complexity index is 1160. The maximum Gasteiger partial charge on any atom is 0.338 e. The molecule has 0 aliphatic rings. The van der Waals surface area contributed by atoms with E-state index in [1.54, 1.807) is 18.3 Å². The first kappa shape index (κ1) is 20.2. The number of esters is 1. The summed E-state index contributed by atoms with van der Waals surface area (Å²) >= 11 is 3.05. The van der Waals surface area contributed by atoms with Gasteiger partial charge in [0.1, 0.15) is 0 Å². The first-order chi connectivity index (χ1) is 13.9. The number of hydrogen-bond donors (Lipinski definition) is 0. The monoisotopic (exact) mass is 455 g/mol. The highest BCUT2D eigenvalue weighted by Gasteiger charge is 2.20. The minimum Gasteiger partial charge on any atom is -0.454 e. The van der Waals surface area contributed by atoms with E-state index in [4.69, 9.17) is 10.00 Å². The summed E-state index contributed by atoms with van der Waals surface area (Å²) in [6.07, 6.45) is 1.94. The molecule has 0 fully saturated rings. The SMILES string of the molecule is N#CCCn1cc(C(=O)COC(=O)c2ccc(Br)c([N+](=O)[O-])c2)c2ccccc21. The number of benzene rings is 2. The van der Waals surface area contributed by atoms with Crippen LogP contribution in [0.5, 0.6) is 0 Å². The largest absolute Gasteiger partial charge is 0.454 e. The zero-order valence-electron chi connectivity index (χ0n) is 15.0. The lowest BCUT2D eigenvalue weighted by atomic mass is 10.1. The number of nitrogens with zero attached hydrogens (tertiary/aromatic N) is 3. The minimum absolute atomic E-state index is 0.0239. The van der Waals surface area contributed by atoms with Gasteiger partial charge in [0.25, 0.3) is 5.69 Å². The second-order valence-electron chi connectivity index (χ2n) is 6.08. The third-order valence-corrected chi connectivity index (χ3v) is 4.94. The van der Waals surface area contributed by atoms with Crippen LogP contribution in [0, 0.1) is 21.4 Å². The van der Waals surface area contributed by atoms with E-state index in [1.807, 2.05) is 16.7 Å². The first-order valence-corrected chi connectivity index (χ1v) is 9.30. The Hall–Kier alpha value is -3.51. The molecule has 0 saturated heterocycles. The maximum absolute atomic E-state index is 12.6. The number of aromatic nitrogens is 1. The Labute approximate surface area is 173 Å². The van der Waals surface area contributed by atoms with Gasteiger partial charge in [-0.15, -0.1) is 0 Å². The summed E-state index contributed by atoms with van der Waals surface area (Å²) in [5, 5.41) is 20.5. The van der Waals surface area contributed by atoms with Crippen LogP contribution in [-0.2, 0) is 11.3 Å². The van der Waals surface area contributed by atoms with Gasteiger partial charge in [0.15, 0.2) is 6.61 Å². The standard InChI is InChI=1S/C20H14BrN3O5/c21-16-7-6-13(10-18(16)24(27)28)20(26)29-12-19(25)15-11-23(9-3-8-22)17-5-2-1-4-14(15)17/h1-2,4-7,10-11H,3,9,12H2. The van der Waals surface area contributed by atoms with Crippen LogP contribution < -0.4 is 0 Å². The third kappa shape index (κ3) is 4.33. The van der Waals surface area contributed by atoms with E-state index in [0.717, 1.165) is 11.6 Å². The number of nitriles is 1. The zero-order chi connectivity index (χ0) is 21.0. The predicted molar refractivity (Wildman–Crippen MR) is 108 cm³/mol. The first-order valence-electron chi connectivity index (χ1n) is 8.51. The Balaban J connectivity index is 1.78. The van der Waals surface area contributed by atoms with Crippen LogP contribution >= 0.6 is 15.9 Å². The van der Waals surface area contributed by atoms with E-state index in [0.29, 0.717) is 23.9 Å². The molecule has 0 aliphatic carbocycles. The molecule has 1 aromatic heterocycles. The van der Waals surface area contributed by atoms with E-state index < -0.39 is 23.3 Å². The molecule has 0 aliphatic heterocycles. The second kappa shape index (κ2) is 8.67. The van der Waals surface area contributed by atoms with Crippen molar-refractivity contribution in [1.29, 1.82) is 5.26 Å². The van der Waals surface area contributed by atoms with Crippen LogP contribution in [0.1, 0.15) is 27.1 Å². The lowest BCUT2D eigenvalue weighted by Crippen LogP contribution is -2.14. The van der Waals surface area contributed by atoms with Crippen molar-refractivity contribution in [2.45, 2.75) is 13.0 Å². The molecule has 0 unspecified atom stereocenters. The summed E-state index contributed by atoms with van der Waals surface area (Å²) in [7, 11) is 0. The maximum atomic E-state index is 12.6. The number of nitro benzene ring substituents is 1. The average molecular weight is 456 g/mol. The van der Waals surface area contributed by atoms with Gasteiger partial charge in [0.05, 0.1) is 27.4 Å². The summed E-state index contributed by atoms with van der Waals surface area (Å²) < 4.78 is 7.12. The van der Waals surface area contributed by atoms with E-state index >= 15 is 0 Å². The van der Waals surface area contributed by atoms with Crippen LogP contribution in [0.3, 0.4) is 0 Å². The van der Waals surface area contributed by atoms with Gasteiger partial charge in [-0.3, -0.25) is 14.9 Å². The number of carbonyl (C=O) groups excluding carboxylic acids is 2. The van der Waals surface area contributed by atoms with Crippen molar-refractivity contribution >= 4 is 44.3 Å². The highest BCUT2D eigenvalue weighted by molar-refractivity contribution is 9.10. The topological polar surface area (TPSA) is 115 Å². The molecule has 9 heteroatoms. The molecule has 0 N–H and O–H groups in total. The average Bonchev–Trinajstić information content (AvgIpc) is 3.09. The van der Waals surface area contributed by atoms with Crippen LogP contribution in [0.4, 0.5) is 5.69 Å². The van der Waals surface area contributed by atoms with Crippen molar-refractivity contribution in [3.8, 4) is 6.07 Å². The predicted octanol–water partition coefficient (Wildman–Crippen LogP) is 4.27. The van der Waals surface area contributed by atoms with Gasteiger partial charge in [-0.05, 0) is 34.1 Å². The quantitative estimate of drug-likeness (QED) is 0.227. The number of para-hydroxylation sites is 1. The Kier molecular flexibility index (Phi) is 6.04. The zero-order valence-corrected chi connectivity index (χ0v) is 16.6. The summed E-state index contributed by atoms with van der Waals surface area (Å²) in [6.45, 7) is -0.0679. The van der Waals surface area contributed by atoms with Crippen LogP contribution in [0.25, 0.3) is 10.9 Å². The molecule has 0 amide bonds. The fourth-order valence-corrected chi connectivity index (χ4v) is 3.29. The number of hydrogen-bond acceptors (Lipinski definition) is 6. The lowest BCUT2D eigenvalue weighted by molar-refractivity contribution is -0.385. The molecule has 29 heavy (non-hydrogen) atoms. The molecular weight excluding hydrogens is 442 g/mol. The van der Waals surface area contributed by atoms with Crippen molar-refractivity contribution in [1.82, 2.24) is 4.57 Å². The molecule has 1 heterocycles. The highest BCUT2D eigenvalue weighted by Crippen LogP contribution is 2.26. The number of carbonyl (C=O) groups is 2. The molecule has 146 valence electrons. The smallest absolute Gasteiger partial charge is 0.338 e. The molecule has 8 nitrogen and oxygen atoms in total.